The van der Waals surface area contributed by atoms with E-state index in [0.29, 0.717) is 10.0 Å². The number of hydrogen-bond acceptors (Lipinski definition) is 4. The summed E-state index contributed by atoms with van der Waals surface area (Å²) in [4.78, 5) is 22.6. The molecular formula is C11H11Cl2NO4. The molecule has 0 aliphatic rings. The third-order valence-corrected chi connectivity index (χ3v) is 2.49. The van der Waals surface area contributed by atoms with E-state index in [4.69, 9.17) is 23.2 Å². The van der Waals surface area contributed by atoms with Crippen molar-refractivity contribution in [1.29, 1.82) is 0 Å². The van der Waals surface area contributed by atoms with Gasteiger partial charge in [-0.25, -0.2) is 4.79 Å². The van der Waals surface area contributed by atoms with E-state index in [0.717, 1.165) is 7.11 Å². The van der Waals surface area contributed by atoms with Crippen molar-refractivity contribution in [3.8, 4) is 0 Å². The molecule has 0 saturated heterocycles. The lowest BCUT2D eigenvalue weighted by molar-refractivity contribution is -0.149. The van der Waals surface area contributed by atoms with E-state index in [-0.39, 0.29) is 12.1 Å². The molecule has 0 saturated carbocycles. The molecule has 0 bridgehead atoms. The molecule has 18 heavy (non-hydrogen) atoms. The zero-order valence-electron chi connectivity index (χ0n) is 9.44. The summed E-state index contributed by atoms with van der Waals surface area (Å²) >= 11 is 11.5. The first-order valence-electron chi connectivity index (χ1n) is 4.94. The van der Waals surface area contributed by atoms with Gasteiger partial charge in [0.15, 0.2) is 6.10 Å². The lowest BCUT2D eigenvalue weighted by atomic mass is 10.2. The Bertz CT molecular complexity index is 444. The molecule has 1 aromatic rings. The number of aliphatic hydroxyl groups is 1. The number of carbonyl (C=O) groups excluding carboxylic acids is 2. The average molecular weight is 292 g/mol. The van der Waals surface area contributed by atoms with Crippen LogP contribution in [-0.4, -0.2) is 36.7 Å². The quantitative estimate of drug-likeness (QED) is 0.819. The van der Waals surface area contributed by atoms with Gasteiger partial charge in [0.25, 0.3) is 5.91 Å². The molecule has 0 aliphatic heterocycles. The highest BCUT2D eigenvalue weighted by Crippen LogP contribution is 2.18. The summed E-state index contributed by atoms with van der Waals surface area (Å²) in [5.74, 6) is -1.32. The predicted octanol–water partition coefficient (Wildman–Crippen LogP) is 1.26. The number of halogens is 2. The van der Waals surface area contributed by atoms with Crippen LogP contribution in [0.4, 0.5) is 0 Å². The highest BCUT2D eigenvalue weighted by molar-refractivity contribution is 6.35. The lowest BCUT2D eigenvalue weighted by Gasteiger charge is -2.10. The predicted molar refractivity (Wildman–Crippen MR) is 66.8 cm³/mol. The molecule has 0 aromatic heterocycles. The number of methoxy groups -OCH3 is 1. The smallest absolute Gasteiger partial charge is 0.336 e. The molecule has 0 radical (unpaired) electrons. The fourth-order valence-electron chi connectivity index (χ4n) is 1.20. The largest absolute Gasteiger partial charge is 0.467 e. The second kappa shape index (κ2) is 6.58. The van der Waals surface area contributed by atoms with E-state index in [1.807, 2.05) is 0 Å². The van der Waals surface area contributed by atoms with Crippen molar-refractivity contribution in [1.82, 2.24) is 5.32 Å². The summed E-state index contributed by atoms with van der Waals surface area (Å²) in [6.45, 7) is -0.254. The van der Waals surface area contributed by atoms with E-state index >= 15 is 0 Å². The minimum Gasteiger partial charge on any atom is -0.467 e. The van der Waals surface area contributed by atoms with E-state index in [2.05, 4.69) is 10.1 Å². The third kappa shape index (κ3) is 4.18. The zero-order valence-corrected chi connectivity index (χ0v) is 11.0. The highest BCUT2D eigenvalue weighted by atomic mass is 35.5. The van der Waals surface area contributed by atoms with E-state index in [9.17, 15) is 14.7 Å². The Morgan fingerprint density at radius 2 is 1.89 bits per heavy atom. The van der Waals surface area contributed by atoms with Crippen molar-refractivity contribution in [2.24, 2.45) is 0 Å². The molecule has 0 heterocycles. The number of benzene rings is 1. The van der Waals surface area contributed by atoms with Crippen LogP contribution in [0, 0.1) is 0 Å². The molecular weight excluding hydrogens is 281 g/mol. The van der Waals surface area contributed by atoms with Crippen molar-refractivity contribution in [3.05, 3.63) is 33.8 Å². The standard InChI is InChI=1S/C11H11Cl2NO4/c1-18-11(17)9(15)5-14-10(16)6-2-7(12)4-8(13)3-6/h2-4,9,15H,5H2,1H3,(H,14,16). The van der Waals surface area contributed by atoms with Gasteiger partial charge in [0, 0.05) is 15.6 Å². The second-order valence-electron chi connectivity index (χ2n) is 3.41. The molecule has 1 atom stereocenters. The molecule has 1 unspecified atom stereocenters. The average Bonchev–Trinajstić information content (AvgIpc) is 2.33. The van der Waals surface area contributed by atoms with Crippen LogP contribution >= 0.6 is 23.2 Å². The number of amides is 1. The summed E-state index contributed by atoms with van der Waals surface area (Å²) < 4.78 is 4.31. The first kappa shape index (κ1) is 14.8. The molecule has 0 aliphatic carbocycles. The van der Waals surface area contributed by atoms with Crippen LogP contribution < -0.4 is 5.32 Å². The molecule has 0 fully saturated rings. The SMILES string of the molecule is COC(=O)C(O)CNC(=O)c1cc(Cl)cc(Cl)c1. The van der Waals surface area contributed by atoms with Gasteiger partial charge in [0.2, 0.25) is 0 Å². The molecule has 7 heteroatoms. The number of hydrogen-bond donors (Lipinski definition) is 2. The zero-order chi connectivity index (χ0) is 13.7. The number of rotatable bonds is 4. The summed E-state index contributed by atoms with van der Waals surface area (Å²) in [7, 11) is 1.14. The fraction of sp³-hybridized carbons (Fsp3) is 0.273. The van der Waals surface area contributed by atoms with Crippen LogP contribution in [0.1, 0.15) is 10.4 Å². The molecule has 1 aromatic carbocycles. The minimum atomic E-state index is -1.41. The Balaban J connectivity index is 2.63. The topological polar surface area (TPSA) is 75.6 Å². The molecule has 5 nitrogen and oxygen atoms in total. The molecule has 2 N–H and O–H groups in total. The fourth-order valence-corrected chi connectivity index (χ4v) is 1.72. The Hall–Kier alpha value is -1.30. The van der Waals surface area contributed by atoms with Crippen LogP contribution in [0.25, 0.3) is 0 Å². The van der Waals surface area contributed by atoms with Crippen molar-refractivity contribution in [2.75, 3.05) is 13.7 Å². The van der Waals surface area contributed by atoms with Crippen molar-refractivity contribution < 1.29 is 19.4 Å². The molecule has 1 rings (SSSR count). The van der Waals surface area contributed by atoms with Gasteiger partial charge >= 0.3 is 5.97 Å². The van der Waals surface area contributed by atoms with Crippen LogP contribution in [-0.2, 0) is 9.53 Å². The molecule has 0 spiro atoms. The van der Waals surface area contributed by atoms with E-state index in [1.165, 1.54) is 18.2 Å². The Kier molecular flexibility index (Phi) is 5.40. The summed E-state index contributed by atoms with van der Waals surface area (Å²) in [6.07, 6.45) is -1.41. The van der Waals surface area contributed by atoms with Gasteiger partial charge < -0.3 is 15.2 Å². The monoisotopic (exact) mass is 291 g/mol. The van der Waals surface area contributed by atoms with Crippen LogP contribution in [0.15, 0.2) is 18.2 Å². The lowest BCUT2D eigenvalue weighted by Crippen LogP contribution is -2.37. The van der Waals surface area contributed by atoms with Gasteiger partial charge in [-0.2, -0.15) is 0 Å². The number of carbonyl (C=O) groups is 2. The van der Waals surface area contributed by atoms with Crippen LogP contribution in [0.5, 0.6) is 0 Å². The maximum Gasteiger partial charge on any atom is 0.336 e. The maximum atomic E-state index is 11.7. The first-order valence-corrected chi connectivity index (χ1v) is 5.70. The van der Waals surface area contributed by atoms with Gasteiger partial charge in [-0.15, -0.1) is 0 Å². The number of esters is 1. The summed E-state index contributed by atoms with van der Waals surface area (Å²) in [6, 6.07) is 4.34. The van der Waals surface area contributed by atoms with Gasteiger partial charge in [-0.05, 0) is 18.2 Å². The molecule has 1 amide bonds. The number of nitrogens with one attached hydrogen (secondary N) is 1. The highest BCUT2D eigenvalue weighted by Gasteiger charge is 2.17. The maximum absolute atomic E-state index is 11.7. The van der Waals surface area contributed by atoms with Crippen molar-refractivity contribution in [3.63, 3.8) is 0 Å². The number of ether oxygens (including phenoxy) is 1. The Morgan fingerprint density at radius 1 is 1.33 bits per heavy atom. The normalized spacial score (nSPS) is 11.8. The van der Waals surface area contributed by atoms with Gasteiger partial charge in [-0.1, -0.05) is 23.2 Å². The Morgan fingerprint density at radius 3 is 2.39 bits per heavy atom. The van der Waals surface area contributed by atoms with E-state index < -0.39 is 18.0 Å². The first-order chi connectivity index (χ1) is 8.43. The van der Waals surface area contributed by atoms with Gasteiger partial charge in [0.05, 0.1) is 13.7 Å². The van der Waals surface area contributed by atoms with Crippen molar-refractivity contribution in [2.45, 2.75) is 6.10 Å². The summed E-state index contributed by atoms with van der Waals surface area (Å²) in [5.41, 5.74) is 0.240. The third-order valence-electron chi connectivity index (χ3n) is 2.05. The second-order valence-corrected chi connectivity index (χ2v) is 4.28. The van der Waals surface area contributed by atoms with Crippen LogP contribution in [0.3, 0.4) is 0 Å². The van der Waals surface area contributed by atoms with Crippen molar-refractivity contribution >= 4 is 35.1 Å². The van der Waals surface area contributed by atoms with E-state index in [1.54, 1.807) is 0 Å². The number of aliphatic hydroxyl groups excluding tert-OH is 1. The molecule has 98 valence electrons. The van der Waals surface area contributed by atoms with Gasteiger partial charge in [-0.3, -0.25) is 4.79 Å². The minimum absolute atomic E-state index is 0.240. The Labute approximate surface area is 114 Å². The van der Waals surface area contributed by atoms with Crippen LogP contribution in [0.2, 0.25) is 10.0 Å². The summed E-state index contributed by atoms with van der Waals surface area (Å²) in [5, 5.41) is 12.3. The van der Waals surface area contributed by atoms with Gasteiger partial charge in [0.1, 0.15) is 0 Å².